The van der Waals surface area contributed by atoms with Gasteiger partial charge >= 0.3 is 5.97 Å². The molecule has 174 valence electrons. The van der Waals surface area contributed by atoms with Crippen molar-refractivity contribution in [2.45, 2.75) is 51.5 Å². The van der Waals surface area contributed by atoms with Gasteiger partial charge in [0, 0.05) is 24.2 Å². The third kappa shape index (κ3) is 8.67. The lowest BCUT2D eigenvalue weighted by Gasteiger charge is -2.31. The van der Waals surface area contributed by atoms with Crippen molar-refractivity contribution in [2.75, 3.05) is 40.4 Å². The molecule has 1 aliphatic rings. The number of hydrogen-bond donors (Lipinski definition) is 2. The van der Waals surface area contributed by atoms with Gasteiger partial charge in [-0.1, -0.05) is 19.1 Å². The van der Waals surface area contributed by atoms with Crippen LogP contribution in [-0.2, 0) is 19.1 Å². The van der Waals surface area contributed by atoms with Crippen LogP contribution in [-0.4, -0.2) is 79.1 Å². The van der Waals surface area contributed by atoms with Crippen LogP contribution < -0.4 is 5.32 Å². The van der Waals surface area contributed by atoms with Gasteiger partial charge in [-0.25, -0.2) is 4.79 Å². The van der Waals surface area contributed by atoms with Gasteiger partial charge in [0.2, 0.25) is 11.8 Å². The Balaban J connectivity index is 3.47. The van der Waals surface area contributed by atoms with E-state index in [2.05, 4.69) is 18.5 Å². The minimum Gasteiger partial charge on any atom is -0.460 e. The van der Waals surface area contributed by atoms with Crippen molar-refractivity contribution in [3.63, 3.8) is 0 Å². The number of rotatable bonds is 12. The summed E-state index contributed by atoms with van der Waals surface area (Å²) in [6.07, 6.45) is 5.57. The highest BCUT2D eigenvalue weighted by Crippen LogP contribution is 2.24. The SMILES string of the molecule is C=CC(C(C(=O)OCCO)=C(CCCN(C)C)NC(=O)C(=C)C)N1CCCCCC1=O. The minimum absolute atomic E-state index is 0.0614. The van der Waals surface area contributed by atoms with Crippen molar-refractivity contribution in [3.05, 3.63) is 36.1 Å². The van der Waals surface area contributed by atoms with Crippen LogP contribution in [0.4, 0.5) is 0 Å². The van der Waals surface area contributed by atoms with E-state index in [1.165, 1.54) is 6.08 Å². The molecule has 31 heavy (non-hydrogen) atoms. The predicted molar refractivity (Wildman–Crippen MR) is 120 cm³/mol. The molecule has 0 aromatic heterocycles. The fourth-order valence-electron chi connectivity index (χ4n) is 3.42. The summed E-state index contributed by atoms with van der Waals surface area (Å²) in [4.78, 5) is 41.9. The summed E-state index contributed by atoms with van der Waals surface area (Å²) in [6.45, 7) is 9.85. The molecule has 1 fully saturated rings. The first kappa shape index (κ1) is 26.6. The molecule has 0 aliphatic carbocycles. The van der Waals surface area contributed by atoms with Crippen LogP contribution in [0.3, 0.4) is 0 Å². The van der Waals surface area contributed by atoms with Crippen LogP contribution in [0.5, 0.6) is 0 Å². The zero-order chi connectivity index (χ0) is 23.4. The molecule has 2 amide bonds. The van der Waals surface area contributed by atoms with E-state index < -0.39 is 17.9 Å². The van der Waals surface area contributed by atoms with E-state index in [-0.39, 0.29) is 24.7 Å². The Morgan fingerprint density at radius 1 is 1.32 bits per heavy atom. The van der Waals surface area contributed by atoms with Crippen molar-refractivity contribution < 1.29 is 24.2 Å². The summed E-state index contributed by atoms with van der Waals surface area (Å²) in [5, 5.41) is 11.9. The van der Waals surface area contributed by atoms with Crippen molar-refractivity contribution in [2.24, 2.45) is 0 Å². The normalized spacial score (nSPS) is 16.3. The first-order valence-electron chi connectivity index (χ1n) is 10.8. The summed E-state index contributed by atoms with van der Waals surface area (Å²) >= 11 is 0. The van der Waals surface area contributed by atoms with E-state index in [1.807, 2.05) is 19.0 Å². The van der Waals surface area contributed by atoms with Gasteiger partial charge in [-0.2, -0.15) is 0 Å². The number of nitrogens with zero attached hydrogens (tertiary/aromatic N) is 2. The maximum Gasteiger partial charge on any atom is 0.338 e. The fraction of sp³-hybridized carbons (Fsp3) is 0.609. The molecule has 1 atom stereocenters. The molecule has 0 aromatic rings. The summed E-state index contributed by atoms with van der Waals surface area (Å²) in [5.74, 6) is -1.15. The summed E-state index contributed by atoms with van der Waals surface area (Å²) < 4.78 is 5.23. The number of carbonyl (C=O) groups is 3. The molecule has 0 radical (unpaired) electrons. The number of aliphatic hydroxyl groups is 1. The maximum absolute atomic E-state index is 13.1. The number of ether oxygens (including phenoxy) is 1. The van der Waals surface area contributed by atoms with Gasteiger partial charge in [-0.3, -0.25) is 9.59 Å². The van der Waals surface area contributed by atoms with E-state index >= 15 is 0 Å². The van der Waals surface area contributed by atoms with Crippen LogP contribution in [0, 0.1) is 0 Å². The highest BCUT2D eigenvalue weighted by atomic mass is 16.5. The summed E-state index contributed by atoms with van der Waals surface area (Å²) in [6, 6.07) is -0.739. The molecular weight excluding hydrogens is 398 g/mol. The molecule has 8 heteroatoms. The lowest BCUT2D eigenvalue weighted by Crippen LogP contribution is -2.44. The average molecular weight is 436 g/mol. The van der Waals surface area contributed by atoms with E-state index in [1.54, 1.807) is 11.8 Å². The first-order chi connectivity index (χ1) is 14.7. The van der Waals surface area contributed by atoms with Gasteiger partial charge < -0.3 is 25.0 Å². The highest BCUT2D eigenvalue weighted by Gasteiger charge is 2.33. The Hall–Kier alpha value is -2.45. The Bertz CT molecular complexity index is 699. The number of likely N-dealkylation sites (tertiary alicyclic amines) is 1. The Morgan fingerprint density at radius 3 is 2.61 bits per heavy atom. The Morgan fingerprint density at radius 2 is 2.03 bits per heavy atom. The molecule has 1 saturated heterocycles. The van der Waals surface area contributed by atoms with E-state index in [0.29, 0.717) is 37.1 Å². The average Bonchev–Trinajstić information content (AvgIpc) is 2.93. The van der Waals surface area contributed by atoms with Gasteiger partial charge in [-0.15, -0.1) is 6.58 Å². The van der Waals surface area contributed by atoms with Crippen LogP contribution in [0.1, 0.15) is 45.4 Å². The molecule has 0 aromatic carbocycles. The van der Waals surface area contributed by atoms with Crippen LogP contribution in [0.25, 0.3) is 0 Å². The molecular formula is C23H37N3O5. The number of nitrogens with one attached hydrogen (secondary N) is 1. The summed E-state index contributed by atoms with van der Waals surface area (Å²) in [7, 11) is 3.88. The molecule has 1 rings (SSSR count). The largest absolute Gasteiger partial charge is 0.460 e. The number of allylic oxidation sites excluding steroid dienone is 1. The molecule has 2 N–H and O–H groups in total. The van der Waals surface area contributed by atoms with Crippen LogP contribution >= 0.6 is 0 Å². The number of esters is 1. The fourth-order valence-corrected chi connectivity index (χ4v) is 3.42. The highest BCUT2D eigenvalue weighted by molar-refractivity contribution is 5.97. The molecule has 1 unspecified atom stereocenters. The Kier molecular flexibility index (Phi) is 11.8. The number of carbonyl (C=O) groups excluding carboxylic acids is 3. The van der Waals surface area contributed by atoms with E-state index in [4.69, 9.17) is 9.84 Å². The third-order valence-corrected chi connectivity index (χ3v) is 5.02. The van der Waals surface area contributed by atoms with E-state index in [0.717, 1.165) is 25.8 Å². The van der Waals surface area contributed by atoms with Gasteiger partial charge in [-0.05, 0) is 53.2 Å². The second-order valence-electron chi connectivity index (χ2n) is 7.97. The quantitative estimate of drug-likeness (QED) is 0.275. The van der Waals surface area contributed by atoms with Gasteiger partial charge in [0.15, 0.2) is 0 Å². The van der Waals surface area contributed by atoms with Gasteiger partial charge in [0.05, 0.1) is 18.2 Å². The van der Waals surface area contributed by atoms with Crippen molar-refractivity contribution >= 4 is 17.8 Å². The lowest BCUT2D eigenvalue weighted by molar-refractivity contribution is -0.141. The molecule has 1 aliphatic heterocycles. The molecule has 0 spiro atoms. The molecule has 0 saturated carbocycles. The topological polar surface area (TPSA) is 99.2 Å². The molecule has 1 heterocycles. The second kappa shape index (κ2) is 13.8. The summed E-state index contributed by atoms with van der Waals surface area (Å²) in [5.41, 5.74) is 0.862. The number of aliphatic hydroxyl groups excluding tert-OH is 1. The second-order valence-corrected chi connectivity index (χ2v) is 7.97. The monoisotopic (exact) mass is 435 g/mol. The predicted octanol–water partition coefficient (Wildman–Crippen LogP) is 1.77. The van der Waals surface area contributed by atoms with Gasteiger partial charge in [0.1, 0.15) is 6.61 Å². The smallest absolute Gasteiger partial charge is 0.338 e. The lowest BCUT2D eigenvalue weighted by atomic mass is 9.99. The molecule has 0 bridgehead atoms. The molecule has 8 nitrogen and oxygen atoms in total. The first-order valence-corrected chi connectivity index (χ1v) is 10.8. The van der Waals surface area contributed by atoms with Crippen molar-refractivity contribution in [1.29, 1.82) is 0 Å². The third-order valence-electron chi connectivity index (χ3n) is 5.02. The van der Waals surface area contributed by atoms with Crippen LogP contribution in [0.15, 0.2) is 36.1 Å². The number of hydrogen-bond acceptors (Lipinski definition) is 6. The standard InChI is InChI=1S/C23H37N3O5/c1-6-19(26-14-9-7-8-12-20(26)28)21(23(30)31-16-15-27)18(11-10-13-25(4)5)24-22(29)17(2)3/h6,19,27H,1-2,7-16H2,3-5H3,(H,24,29). The number of amides is 2. The van der Waals surface area contributed by atoms with Crippen molar-refractivity contribution in [3.8, 4) is 0 Å². The van der Waals surface area contributed by atoms with Crippen molar-refractivity contribution in [1.82, 2.24) is 15.1 Å². The van der Waals surface area contributed by atoms with Gasteiger partial charge in [0.25, 0.3) is 0 Å². The van der Waals surface area contributed by atoms with Crippen LogP contribution in [0.2, 0.25) is 0 Å². The van der Waals surface area contributed by atoms with E-state index in [9.17, 15) is 14.4 Å². The minimum atomic E-state index is -0.739. The maximum atomic E-state index is 13.1. The Labute approximate surface area is 185 Å². The zero-order valence-electron chi connectivity index (χ0n) is 19.1. The zero-order valence-corrected chi connectivity index (χ0v) is 19.1.